The van der Waals surface area contributed by atoms with Crippen LogP contribution in [0.5, 0.6) is 5.75 Å². The number of hydrogen-bond donors (Lipinski definition) is 2. The molecule has 0 amide bonds. The second-order valence-corrected chi connectivity index (χ2v) is 7.05. The highest BCUT2D eigenvalue weighted by molar-refractivity contribution is 5.47. The van der Waals surface area contributed by atoms with Crippen molar-refractivity contribution in [3.05, 3.63) is 59.7 Å². The lowest BCUT2D eigenvalue weighted by Gasteiger charge is -2.32. The fraction of sp³-hybridized carbons (Fsp3) is 0.429. The van der Waals surface area contributed by atoms with Crippen molar-refractivity contribution in [2.45, 2.75) is 19.4 Å². The fourth-order valence-corrected chi connectivity index (χ4v) is 3.25. The molecule has 1 aliphatic rings. The van der Waals surface area contributed by atoms with E-state index in [-0.39, 0.29) is 6.04 Å². The van der Waals surface area contributed by atoms with Gasteiger partial charge >= 0.3 is 0 Å². The molecule has 0 spiro atoms. The van der Waals surface area contributed by atoms with Crippen LogP contribution in [0.3, 0.4) is 0 Å². The number of nitrogens with zero attached hydrogens (tertiary/aromatic N) is 2. The molecule has 1 saturated heterocycles. The van der Waals surface area contributed by atoms with E-state index in [4.69, 9.17) is 0 Å². The molecule has 1 aliphatic heterocycles. The molecule has 1 fully saturated rings. The Kier molecular flexibility index (Phi) is 5.95. The van der Waals surface area contributed by atoms with Crippen molar-refractivity contribution in [1.29, 1.82) is 0 Å². The summed E-state index contributed by atoms with van der Waals surface area (Å²) in [4.78, 5) is 4.95. The van der Waals surface area contributed by atoms with Gasteiger partial charge in [-0.1, -0.05) is 24.3 Å². The second-order valence-electron chi connectivity index (χ2n) is 7.05. The van der Waals surface area contributed by atoms with Gasteiger partial charge in [-0.05, 0) is 55.8 Å². The van der Waals surface area contributed by atoms with Gasteiger partial charge in [0.2, 0.25) is 0 Å². The van der Waals surface area contributed by atoms with E-state index in [0.29, 0.717) is 5.75 Å². The maximum Gasteiger partial charge on any atom is 0.115 e. The Morgan fingerprint density at radius 3 is 2.44 bits per heavy atom. The number of phenolic OH excluding ortho intramolecular Hbond substituents is 1. The highest BCUT2D eigenvalue weighted by Gasteiger charge is 2.13. The molecular weight excluding hydrogens is 310 g/mol. The minimum Gasteiger partial charge on any atom is -0.508 e. The predicted octanol–water partition coefficient (Wildman–Crippen LogP) is 3.36. The Bertz CT molecular complexity index is 663. The third-order valence-corrected chi connectivity index (χ3v) is 5.02. The zero-order valence-corrected chi connectivity index (χ0v) is 15.3. The molecule has 1 heterocycles. The number of hydrogen-bond acceptors (Lipinski definition) is 4. The van der Waals surface area contributed by atoms with Crippen molar-refractivity contribution in [2.24, 2.45) is 0 Å². The Balaban J connectivity index is 1.50. The van der Waals surface area contributed by atoms with Crippen LogP contribution in [-0.4, -0.2) is 54.7 Å². The molecule has 0 unspecified atom stereocenters. The van der Waals surface area contributed by atoms with E-state index >= 15 is 0 Å². The molecular formula is C21H29N3O. The number of aromatic hydroxyl groups is 1. The third-order valence-electron chi connectivity index (χ3n) is 5.02. The summed E-state index contributed by atoms with van der Waals surface area (Å²) < 4.78 is 0. The molecule has 0 saturated carbocycles. The molecule has 0 aliphatic carbocycles. The molecule has 2 N–H and O–H groups in total. The molecule has 134 valence electrons. The number of anilines is 1. The summed E-state index contributed by atoms with van der Waals surface area (Å²) in [6.07, 6.45) is 1.10. The summed E-state index contributed by atoms with van der Waals surface area (Å²) in [5.41, 5.74) is 3.58. The number of benzene rings is 2. The van der Waals surface area contributed by atoms with Crippen LogP contribution in [-0.2, 0) is 6.42 Å². The topological polar surface area (TPSA) is 38.7 Å². The van der Waals surface area contributed by atoms with Gasteiger partial charge in [0, 0.05) is 44.5 Å². The minimum atomic E-state index is 0.156. The Morgan fingerprint density at radius 2 is 1.76 bits per heavy atom. The van der Waals surface area contributed by atoms with Gasteiger partial charge in [-0.15, -0.1) is 0 Å². The van der Waals surface area contributed by atoms with Gasteiger partial charge in [0.1, 0.15) is 5.75 Å². The summed E-state index contributed by atoms with van der Waals surface area (Å²) >= 11 is 0. The van der Waals surface area contributed by atoms with Crippen LogP contribution < -0.4 is 5.32 Å². The largest absolute Gasteiger partial charge is 0.508 e. The first-order valence-electron chi connectivity index (χ1n) is 9.15. The molecule has 1 atom stereocenters. The molecule has 2 aromatic carbocycles. The predicted molar refractivity (Wildman–Crippen MR) is 104 cm³/mol. The van der Waals surface area contributed by atoms with Gasteiger partial charge in [-0.25, -0.2) is 0 Å². The Labute approximate surface area is 151 Å². The number of rotatable bonds is 6. The molecule has 0 aromatic heterocycles. The summed E-state index contributed by atoms with van der Waals surface area (Å²) in [6, 6.07) is 16.3. The second kappa shape index (κ2) is 8.37. The standard InChI is InChI=1S/C21H29N3O/c1-17(19-4-3-5-21(25)16-19)22-20-8-6-18(7-9-20)10-11-24-14-12-23(2)13-15-24/h3-9,16-17,22,25H,10-15H2,1-2H3/t17-/m1/s1. The minimum absolute atomic E-state index is 0.156. The molecule has 3 rings (SSSR count). The summed E-state index contributed by atoms with van der Waals surface area (Å²) in [5.74, 6) is 0.311. The smallest absolute Gasteiger partial charge is 0.115 e. The van der Waals surface area contributed by atoms with Crippen LogP contribution in [0.1, 0.15) is 24.1 Å². The van der Waals surface area contributed by atoms with E-state index in [1.54, 1.807) is 6.07 Å². The molecule has 0 radical (unpaired) electrons. The van der Waals surface area contributed by atoms with Crippen LogP contribution >= 0.6 is 0 Å². The van der Waals surface area contributed by atoms with Crippen molar-refractivity contribution < 1.29 is 5.11 Å². The lowest BCUT2D eigenvalue weighted by atomic mass is 10.1. The van der Waals surface area contributed by atoms with Crippen molar-refractivity contribution >= 4 is 5.69 Å². The summed E-state index contributed by atoms with van der Waals surface area (Å²) in [5, 5.41) is 13.1. The number of phenols is 1. The van der Waals surface area contributed by atoms with E-state index in [1.165, 1.54) is 31.7 Å². The van der Waals surface area contributed by atoms with Crippen molar-refractivity contribution in [1.82, 2.24) is 9.80 Å². The zero-order valence-electron chi connectivity index (χ0n) is 15.3. The maximum atomic E-state index is 9.61. The van der Waals surface area contributed by atoms with E-state index in [9.17, 15) is 5.11 Å². The van der Waals surface area contributed by atoms with Crippen LogP contribution in [0.4, 0.5) is 5.69 Å². The van der Waals surface area contributed by atoms with Gasteiger partial charge in [0.05, 0.1) is 0 Å². The fourth-order valence-electron chi connectivity index (χ4n) is 3.25. The van der Waals surface area contributed by atoms with E-state index in [1.807, 2.05) is 18.2 Å². The highest BCUT2D eigenvalue weighted by atomic mass is 16.3. The van der Waals surface area contributed by atoms with E-state index in [2.05, 4.69) is 53.4 Å². The normalized spacial score (nSPS) is 17.4. The first-order chi connectivity index (χ1) is 12.1. The van der Waals surface area contributed by atoms with Gasteiger partial charge in [-0.3, -0.25) is 0 Å². The highest BCUT2D eigenvalue weighted by Crippen LogP contribution is 2.22. The van der Waals surface area contributed by atoms with Crippen molar-refractivity contribution in [2.75, 3.05) is 45.1 Å². The monoisotopic (exact) mass is 339 g/mol. The van der Waals surface area contributed by atoms with Crippen LogP contribution in [0.25, 0.3) is 0 Å². The molecule has 25 heavy (non-hydrogen) atoms. The van der Waals surface area contributed by atoms with Gasteiger partial charge < -0.3 is 20.2 Å². The van der Waals surface area contributed by atoms with Crippen molar-refractivity contribution in [3.63, 3.8) is 0 Å². The molecule has 2 aromatic rings. The van der Waals surface area contributed by atoms with Gasteiger partial charge in [-0.2, -0.15) is 0 Å². The average Bonchev–Trinajstić information content (AvgIpc) is 2.62. The molecule has 4 nitrogen and oxygen atoms in total. The van der Waals surface area contributed by atoms with Gasteiger partial charge in [0.25, 0.3) is 0 Å². The van der Waals surface area contributed by atoms with Crippen LogP contribution in [0, 0.1) is 0 Å². The first-order valence-corrected chi connectivity index (χ1v) is 9.15. The van der Waals surface area contributed by atoms with Crippen molar-refractivity contribution in [3.8, 4) is 5.75 Å². The molecule has 0 bridgehead atoms. The van der Waals surface area contributed by atoms with E-state index in [0.717, 1.165) is 24.2 Å². The number of nitrogens with one attached hydrogen (secondary N) is 1. The maximum absolute atomic E-state index is 9.61. The van der Waals surface area contributed by atoms with Crippen LogP contribution in [0.15, 0.2) is 48.5 Å². The summed E-state index contributed by atoms with van der Waals surface area (Å²) in [7, 11) is 2.20. The lowest BCUT2D eigenvalue weighted by Crippen LogP contribution is -2.45. The van der Waals surface area contributed by atoms with Crippen LogP contribution in [0.2, 0.25) is 0 Å². The summed E-state index contributed by atoms with van der Waals surface area (Å²) in [6.45, 7) is 7.96. The SMILES string of the molecule is C[C@@H](Nc1ccc(CCN2CCN(C)CC2)cc1)c1cccc(O)c1. The molecule has 4 heteroatoms. The number of piperazine rings is 1. The van der Waals surface area contributed by atoms with Gasteiger partial charge in [0.15, 0.2) is 0 Å². The average molecular weight is 339 g/mol. The third kappa shape index (κ3) is 5.21. The van der Waals surface area contributed by atoms with E-state index < -0.39 is 0 Å². The first kappa shape index (κ1) is 17.8. The quantitative estimate of drug-likeness (QED) is 0.846. The Hall–Kier alpha value is -2.04. The Morgan fingerprint density at radius 1 is 1.04 bits per heavy atom. The lowest BCUT2D eigenvalue weighted by molar-refractivity contribution is 0.155. The zero-order chi connectivity index (χ0) is 17.6. The number of likely N-dealkylation sites (N-methyl/N-ethyl adjacent to an activating group) is 1.